The highest BCUT2D eigenvalue weighted by Gasteiger charge is 2.14. The van der Waals surface area contributed by atoms with Crippen LogP contribution in [0, 0.1) is 0 Å². The Balaban J connectivity index is 2.46. The van der Waals surface area contributed by atoms with Crippen molar-refractivity contribution in [3.05, 3.63) is 21.3 Å². The molecule has 2 heterocycles. The number of hydrogen-bond donors (Lipinski definition) is 0. The molecule has 2 aromatic heterocycles. The van der Waals surface area contributed by atoms with E-state index < -0.39 is 0 Å². The van der Waals surface area contributed by atoms with Crippen LogP contribution < -0.4 is 0 Å². The van der Waals surface area contributed by atoms with Crippen LogP contribution in [0.25, 0.3) is 9.40 Å². The van der Waals surface area contributed by atoms with E-state index in [2.05, 4.69) is 0 Å². The van der Waals surface area contributed by atoms with Crippen molar-refractivity contribution in [1.82, 2.24) is 0 Å². The van der Waals surface area contributed by atoms with E-state index in [1.807, 2.05) is 11.4 Å². The van der Waals surface area contributed by atoms with Crippen LogP contribution in [0.4, 0.5) is 0 Å². The molecular weight excluding hydrogens is 240 g/mol. The molecule has 0 radical (unpaired) electrons. The van der Waals surface area contributed by atoms with Crippen molar-refractivity contribution in [2.75, 3.05) is 6.61 Å². The molecule has 0 N–H and O–H groups in total. The molecule has 0 saturated carbocycles. The van der Waals surface area contributed by atoms with Crippen molar-refractivity contribution in [2.24, 2.45) is 0 Å². The number of esters is 1. The number of carbonyl (C=O) groups excluding carboxylic acids is 1. The van der Waals surface area contributed by atoms with Gasteiger partial charge in [-0.1, -0.05) is 11.6 Å². The molecule has 0 aliphatic rings. The van der Waals surface area contributed by atoms with E-state index in [0.29, 0.717) is 16.5 Å². The van der Waals surface area contributed by atoms with Gasteiger partial charge in [0.05, 0.1) is 20.5 Å². The Labute approximate surface area is 94.1 Å². The van der Waals surface area contributed by atoms with Gasteiger partial charge in [-0.15, -0.1) is 22.7 Å². The van der Waals surface area contributed by atoms with Crippen LogP contribution in [0.1, 0.15) is 17.3 Å². The first-order chi connectivity index (χ1) is 6.72. The second-order valence-electron chi connectivity index (χ2n) is 2.62. The lowest BCUT2D eigenvalue weighted by molar-refractivity contribution is 0.0529. The lowest BCUT2D eigenvalue weighted by atomic mass is 10.2. The van der Waals surface area contributed by atoms with Crippen LogP contribution in [0.2, 0.25) is 4.34 Å². The fourth-order valence-electron chi connectivity index (χ4n) is 1.16. The minimum atomic E-state index is -0.270. The molecule has 0 aliphatic heterocycles. The zero-order valence-electron chi connectivity index (χ0n) is 7.37. The van der Waals surface area contributed by atoms with Crippen LogP contribution in [-0.2, 0) is 4.74 Å². The second-order valence-corrected chi connectivity index (χ2v) is 5.44. The van der Waals surface area contributed by atoms with Crippen LogP contribution in [-0.4, -0.2) is 12.6 Å². The zero-order chi connectivity index (χ0) is 10.1. The van der Waals surface area contributed by atoms with Crippen LogP contribution in [0.5, 0.6) is 0 Å². The van der Waals surface area contributed by atoms with E-state index in [4.69, 9.17) is 16.3 Å². The maximum absolute atomic E-state index is 11.5. The third-order valence-electron chi connectivity index (χ3n) is 1.74. The summed E-state index contributed by atoms with van der Waals surface area (Å²) in [4.78, 5) is 11.5. The van der Waals surface area contributed by atoms with Gasteiger partial charge in [0, 0.05) is 10.8 Å². The molecule has 0 saturated heterocycles. The Morgan fingerprint density at radius 3 is 3.14 bits per heavy atom. The smallest absolute Gasteiger partial charge is 0.339 e. The van der Waals surface area contributed by atoms with E-state index in [9.17, 15) is 4.79 Å². The Morgan fingerprint density at radius 1 is 1.64 bits per heavy atom. The number of thiophene rings is 2. The van der Waals surface area contributed by atoms with E-state index in [-0.39, 0.29) is 5.97 Å². The highest BCUT2D eigenvalue weighted by molar-refractivity contribution is 7.39. The van der Waals surface area contributed by atoms with Gasteiger partial charge in [-0.25, -0.2) is 4.79 Å². The molecule has 0 atom stereocenters. The minimum absolute atomic E-state index is 0.270. The van der Waals surface area contributed by atoms with Gasteiger partial charge < -0.3 is 4.74 Å². The summed E-state index contributed by atoms with van der Waals surface area (Å²) in [6, 6.07) is 1.81. The van der Waals surface area contributed by atoms with Crippen molar-refractivity contribution in [1.29, 1.82) is 0 Å². The van der Waals surface area contributed by atoms with Gasteiger partial charge in [0.1, 0.15) is 0 Å². The maximum Gasteiger partial charge on any atom is 0.339 e. The van der Waals surface area contributed by atoms with Crippen LogP contribution >= 0.6 is 34.3 Å². The molecule has 2 aromatic rings. The van der Waals surface area contributed by atoms with Gasteiger partial charge >= 0.3 is 5.97 Å². The predicted molar refractivity (Wildman–Crippen MR) is 60.7 cm³/mol. The number of hydrogen-bond acceptors (Lipinski definition) is 4. The quantitative estimate of drug-likeness (QED) is 0.754. The van der Waals surface area contributed by atoms with Crippen molar-refractivity contribution in [2.45, 2.75) is 6.92 Å². The van der Waals surface area contributed by atoms with E-state index in [1.54, 1.807) is 6.92 Å². The Kier molecular flexibility index (Phi) is 2.76. The van der Waals surface area contributed by atoms with Gasteiger partial charge in [0.2, 0.25) is 0 Å². The third-order valence-corrected chi connectivity index (χ3v) is 4.12. The molecule has 74 valence electrons. The van der Waals surface area contributed by atoms with Crippen molar-refractivity contribution in [3.8, 4) is 0 Å². The molecule has 5 heteroatoms. The molecule has 0 amide bonds. The highest BCUT2D eigenvalue weighted by Crippen LogP contribution is 2.36. The summed E-state index contributed by atoms with van der Waals surface area (Å²) in [5.41, 5.74) is 0.620. The molecule has 0 spiro atoms. The molecule has 0 unspecified atom stereocenters. The lowest BCUT2D eigenvalue weighted by Gasteiger charge is -1.97. The molecule has 0 fully saturated rings. The summed E-state index contributed by atoms with van der Waals surface area (Å²) in [5.74, 6) is -0.270. The van der Waals surface area contributed by atoms with Gasteiger partial charge in [0.15, 0.2) is 0 Å². The molecule has 0 aliphatic carbocycles. The zero-order valence-corrected chi connectivity index (χ0v) is 9.76. The lowest BCUT2D eigenvalue weighted by Crippen LogP contribution is -2.02. The highest BCUT2D eigenvalue weighted by atomic mass is 35.5. The third kappa shape index (κ3) is 1.65. The van der Waals surface area contributed by atoms with E-state index in [0.717, 1.165) is 9.40 Å². The van der Waals surface area contributed by atoms with Crippen molar-refractivity contribution in [3.63, 3.8) is 0 Å². The van der Waals surface area contributed by atoms with E-state index >= 15 is 0 Å². The van der Waals surface area contributed by atoms with Crippen molar-refractivity contribution < 1.29 is 9.53 Å². The Morgan fingerprint density at radius 2 is 2.43 bits per heavy atom. The second kappa shape index (κ2) is 3.88. The SMILES string of the molecule is CCOC(=O)c1csc2sc(Cl)cc12. The number of halogens is 1. The molecular formula is C9H7ClO2S2. The first-order valence-electron chi connectivity index (χ1n) is 4.06. The van der Waals surface area contributed by atoms with Crippen molar-refractivity contribution >= 4 is 49.6 Å². The first-order valence-corrected chi connectivity index (χ1v) is 6.13. The molecule has 2 rings (SSSR count). The van der Waals surface area contributed by atoms with E-state index in [1.165, 1.54) is 22.7 Å². The minimum Gasteiger partial charge on any atom is -0.462 e. The predicted octanol–water partition coefficient (Wildman–Crippen LogP) is 3.79. The fraction of sp³-hybridized carbons (Fsp3) is 0.222. The largest absolute Gasteiger partial charge is 0.462 e. The summed E-state index contributed by atoms with van der Waals surface area (Å²) >= 11 is 8.86. The summed E-state index contributed by atoms with van der Waals surface area (Å²) < 4.78 is 6.71. The normalized spacial score (nSPS) is 10.7. The average Bonchev–Trinajstić information content (AvgIpc) is 2.62. The fourth-order valence-corrected chi connectivity index (χ4v) is 3.62. The summed E-state index contributed by atoms with van der Waals surface area (Å²) in [5, 5.41) is 2.72. The molecule has 14 heavy (non-hydrogen) atoms. The number of ether oxygens (including phenoxy) is 1. The maximum atomic E-state index is 11.5. The van der Waals surface area contributed by atoms with Gasteiger partial charge in [-0.05, 0) is 13.0 Å². The summed E-state index contributed by atoms with van der Waals surface area (Å²) in [6.45, 7) is 2.19. The van der Waals surface area contributed by atoms with Crippen LogP contribution in [0.15, 0.2) is 11.4 Å². The monoisotopic (exact) mass is 246 g/mol. The standard InChI is InChI=1S/C9H7ClO2S2/c1-2-12-8(11)6-4-13-9-5(6)3-7(10)14-9/h3-4H,2H2,1H3. The number of rotatable bonds is 2. The Hall–Kier alpha value is -0.580. The van der Waals surface area contributed by atoms with Gasteiger partial charge in [0.25, 0.3) is 0 Å². The number of fused-ring (bicyclic) bond motifs is 1. The number of carbonyl (C=O) groups is 1. The first kappa shape index (κ1) is 9.96. The van der Waals surface area contributed by atoms with Gasteiger partial charge in [-0.3, -0.25) is 0 Å². The topological polar surface area (TPSA) is 26.3 Å². The average molecular weight is 247 g/mol. The molecule has 0 aromatic carbocycles. The van der Waals surface area contributed by atoms with Crippen LogP contribution in [0.3, 0.4) is 0 Å². The molecule has 0 bridgehead atoms. The summed E-state index contributed by atoms with van der Waals surface area (Å²) in [7, 11) is 0. The molecule has 2 nitrogen and oxygen atoms in total. The Bertz CT molecular complexity index is 472. The van der Waals surface area contributed by atoms with Gasteiger partial charge in [-0.2, -0.15) is 0 Å². The summed E-state index contributed by atoms with van der Waals surface area (Å²) in [6.07, 6.45) is 0.